The first-order chi connectivity index (χ1) is 8.16. The summed E-state index contributed by atoms with van der Waals surface area (Å²) in [4.78, 5) is 0. The minimum absolute atomic E-state index is 0.0353. The largest absolute Gasteiger partial charge is 0.117 e. The SMILES string of the molecule is Clc1cc(C(Cl)Cc2ccccc2)ccc1I. The molecular weight excluding hydrogens is 366 g/mol. The van der Waals surface area contributed by atoms with Crippen molar-refractivity contribution in [2.24, 2.45) is 0 Å². The molecule has 0 radical (unpaired) electrons. The molecule has 0 amide bonds. The highest BCUT2D eigenvalue weighted by atomic mass is 127. The minimum atomic E-state index is -0.0353. The van der Waals surface area contributed by atoms with Gasteiger partial charge in [-0.3, -0.25) is 0 Å². The lowest BCUT2D eigenvalue weighted by Crippen LogP contribution is -1.96. The monoisotopic (exact) mass is 376 g/mol. The molecule has 0 saturated heterocycles. The lowest BCUT2D eigenvalue weighted by Gasteiger charge is -2.11. The number of alkyl halides is 1. The van der Waals surface area contributed by atoms with Gasteiger partial charge in [-0.15, -0.1) is 11.6 Å². The summed E-state index contributed by atoms with van der Waals surface area (Å²) in [6.45, 7) is 0. The van der Waals surface area contributed by atoms with Gasteiger partial charge in [0.05, 0.1) is 10.4 Å². The van der Waals surface area contributed by atoms with Crippen LogP contribution >= 0.6 is 45.8 Å². The van der Waals surface area contributed by atoms with E-state index in [0.29, 0.717) is 0 Å². The Morgan fingerprint density at radius 2 is 1.76 bits per heavy atom. The van der Waals surface area contributed by atoms with Crippen molar-refractivity contribution in [2.75, 3.05) is 0 Å². The summed E-state index contributed by atoms with van der Waals surface area (Å²) in [7, 11) is 0. The quantitative estimate of drug-likeness (QED) is 0.492. The van der Waals surface area contributed by atoms with Crippen LogP contribution in [0.5, 0.6) is 0 Å². The number of hydrogen-bond donors (Lipinski definition) is 0. The van der Waals surface area contributed by atoms with Crippen molar-refractivity contribution in [3.63, 3.8) is 0 Å². The molecule has 17 heavy (non-hydrogen) atoms. The van der Waals surface area contributed by atoms with E-state index in [1.807, 2.05) is 36.4 Å². The van der Waals surface area contributed by atoms with Crippen LogP contribution in [0.25, 0.3) is 0 Å². The average molecular weight is 377 g/mol. The van der Waals surface area contributed by atoms with Crippen LogP contribution in [-0.2, 0) is 6.42 Å². The molecule has 0 spiro atoms. The van der Waals surface area contributed by atoms with Gasteiger partial charge >= 0.3 is 0 Å². The van der Waals surface area contributed by atoms with Crippen molar-refractivity contribution in [3.8, 4) is 0 Å². The number of benzene rings is 2. The van der Waals surface area contributed by atoms with Crippen LogP contribution in [0.15, 0.2) is 48.5 Å². The molecule has 0 aliphatic heterocycles. The van der Waals surface area contributed by atoms with Gasteiger partial charge in [0, 0.05) is 3.57 Å². The molecular formula is C14H11Cl2I. The maximum Gasteiger partial charge on any atom is 0.0626 e. The standard InChI is InChI=1S/C14H11Cl2I/c15-12(8-10-4-2-1-3-5-10)11-6-7-14(17)13(16)9-11/h1-7,9,12H,8H2. The molecule has 2 aromatic rings. The number of hydrogen-bond acceptors (Lipinski definition) is 0. The fourth-order valence-corrected chi connectivity index (χ4v) is 2.48. The number of halogens is 3. The van der Waals surface area contributed by atoms with E-state index < -0.39 is 0 Å². The zero-order chi connectivity index (χ0) is 12.3. The van der Waals surface area contributed by atoms with Crippen LogP contribution in [0.1, 0.15) is 16.5 Å². The molecule has 0 aromatic heterocycles. The van der Waals surface area contributed by atoms with Crippen molar-refractivity contribution < 1.29 is 0 Å². The summed E-state index contributed by atoms with van der Waals surface area (Å²) in [6.07, 6.45) is 0.819. The summed E-state index contributed by atoms with van der Waals surface area (Å²) >= 11 is 14.7. The second kappa shape index (κ2) is 6.07. The Kier molecular flexibility index (Phi) is 4.71. The van der Waals surface area contributed by atoms with Crippen molar-refractivity contribution in [1.29, 1.82) is 0 Å². The van der Waals surface area contributed by atoms with Gasteiger partial charge in [0.15, 0.2) is 0 Å². The normalized spacial score (nSPS) is 12.4. The van der Waals surface area contributed by atoms with E-state index in [4.69, 9.17) is 23.2 Å². The van der Waals surface area contributed by atoms with E-state index in [2.05, 4.69) is 34.7 Å². The highest BCUT2D eigenvalue weighted by molar-refractivity contribution is 14.1. The van der Waals surface area contributed by atoms with Gasteiger partial charge in [0.2, 0.25) is 0 Å². The molecule has 0 heterocycles. The maximum atomic E-state index is 6.40. The first-order valence-corrected chi connectivity index (χ1v) is 7.19. The molecule has 0 aliphatic carbocycles. The second-order valence-corrected chi connectivity index (χ2v) is 5.93. The summed E-state index contributed by atoms with van der Waals surface area (Å²) in [5.41, 5.74) is 2.31. The summed E-state index contributed by atoms with van der Waals surface area (Å²) in [5, 5.41) is 0.730. The number of rotatable bonds is 3. The maximum absolute atomic E-state index is 6.40. The molecule has 1 atom stereocenters. The summed E-state index contributed by atoms with van der Waals surface area (Å²) < 4.78 is 1.05. The molecule has 0 fully saturated rings. The van der Waals surface area contributed by atoms with Gasteiger partial charge in [0.1, 0.15) is 0 Å². The van der Waals surface area contributed by atoms with Crippen LogP contribution in [0.2, 0.25) is 5.02 Å². The van der Waals surface area contributed by atoms with Crippen LogP contribution in [-0.4, -0.2) is 0 Å². The fraction of sp³-hybridized carbons (Fsp3) is 0.143. The van der Waals surface area contributed by atoms with Gasteiger partial charge in [-0.2, -0.15) is 0 Å². The first kappa shape index (κ1) is 13.2. The summed E-state index contributed by atoms with van der Waals surface area (Å²) in [5.74, 6) is 0. The van der Waals surface area contributed by atoms with E-state index >= 15 is 0 Å². The Bertz CT molecular complexity index is 497. The van der Waals surface area contributed by atoms with E-state index in [1.165, 1.54) is 5.56 Å². The predicted octanol–water partition coefficient (Wildman–Crippen LogP) is 5.47. The Labute approximate surface area is 125 Å². The molecule has 2 aromatic carbocycles. The lowest BCUT2D eigenvalue weighted by molar-refractivity contribution is 0.919. The molecule has 0 nitrogen and oxygen atoms in total. The Balaban J connectivity index is 2.14. The molecule has 2 rings (SSSR count). The molecule has 0 aliphatic rings. The molecule has 0 bridgehead atoms. The Morgan fingerprint density at radius 3 is 2.41 bits per heavy atom. The highest BCUT2D eigenvalue weighted by Crippen LogP contribution is 2.29. The Morgan fingerprint density at radius 1 is 1.06 bits per heavy atom. The topological polar surface area (TPSA) is 0 Å². The second-order valence-electron chi connectivity index (χ2n) is 3.83. The van der Waals surface area contributed by atoms with Crippen molar-refractivity contribution >= 4 is 45.8 Å². The third-order valence-corrected chi connectivity index (χ3v) is 4.54. The molecule has 1 unspecified atom stereocenters. The Hall–Kier alpha value is -0.250. The zero-order valence-electron chi connectivity index (χ0n) is 9.04. The predicted molar refractivity (Wildman–Crippen MR) is 82.9 cm³/mol. The van der Waals surface area contributed by atoms with E-state index in [9.17, 15) is 0 Å². The first-order valence-electron chi connectivity index (χ1n) is 5.30. The van der Waals surface area contributed by atoms with E-state index in [-0.39, 0.29) is 5.38 Å². The van der Waals surface area contributed by atoms with E-state index in [1.54, 1.807) is 0 Å². The summed E-state index contributed by atoms with van der Waals surface area (Å²) in [6, 6.07) is 16.2. The third-order valence-electron chi connectivity index (χ3n) is 2.56. The van der Waals surface area contributed by atoms with Gasteiger partial charge < -0.3 is 0 Å². The van der Waals surface area contributed by atoms with Gasteiger partial charge in [-0.05, 0) is 52.3 Å². The van der Waals surface area contributed by atoms with Gasteiger partial charge in [-0.1, -0.05) is 48.0 Å². The van der Waals surface area contributed by atoms with Crippen LogP contribution < -0.4 is 0 Å². The van der Waals surface area contributed by atoms with Crippen LogP contribution in [0.4, 0.5) is 0 Å². The minimum Gasteiger partial charge on any atom is -0.117 e. The van der Waals surface area contributed by atoms with Crippen LogP contribution in [0, 0.1) is 3.57 Å². The van der Waals surface area contributed by atoms with Crippen LogP contribution in [0.3, 0.4) is 0 Å². The zero-order valence-corrected chi connectivity index (χ0v) is 12.7. The average Bonchev–Trinajstić information content (AvgIpc) is 2.34. The van der Waals surface area contributed by atoms with Crippen molar-refractivity contribution in [3.05, 3.63) is 68.3 Å². The lowest BCUT2D eigenvalue weighted by atomic mass is 10.0. The van der Waals surface area contributed by atoms with Crippen molar-refractivity contribution in [2.45, 2.75) is 11.8 Å². The molecule has 0 saturated carbocycles. The van der Waals surface area contributed by atoms with Gasteiger partial charge in [0.25, 0.3) is 0 Å². The van der Waals surface area contributed by atoms with Crippen molar-refractivity contribution in [1.82, 2.24) is 0 Å². The smallest absolute Gasteiger partial charge is 0.0626 e. The molecule has 88 valence electrons. The molecule has 0 N–H and O–H groups in total. The highest BCUT2D eigenvalue weighted by Gasteiger charge is 2.10. The molecule has 3 heteroatoms. The van der Waals surface area contributed by atoms with E-state index in [0.717, 1.165) is 20.6 Å². The third kappa shape index (κ3) is 3.60. The van der Waals surface area contributed by atoms with Gasteiger partial charge in [-0.25, -0.2) is 0 Å². The fourth-order valence-electron chi connectivity index (χ4n) is 1.65.